The molecule has 2 aromatic carbocycles. The molecule has 26 heavy (non-hydrogen) atoms. The number of carbonyl (C=O) groups excluding carboxylic acids is 2. The Hall–Kier alpha value is -3.28. The molecule has 0 heterocycles. The molecule has 0 aliphatic carbocycles. The van der Waals surface area contributed by atoms with Crippen molar-refractivity contribution in [3.8, 4) is 0 Å². The minimum atomic E-state index is -0.328. The van der Waals surface area contributed by atoms with Crippen LogP contribution in [0.15, 0.2) is 58.7 Å². The molecular formula is C20H22N4O2. The average molecular weight is 350 g/mol. The number of amides is 2. The Labute approximate surface area is 153 Å². The van der Waals surface area contributed by atoms with Gasteiger partial charge in [-0.2, -0.15) is 10.2 Å². The lowest BCUT2D eigenvalue weighted by molar-refractivity contribution is -0.126. The first-order valence-electron chi connectivity index (χ1n) is 8.30. The molecule has 0 radical (unpaired) electrons. The smallest absolute Gasteiger partial charge is 0.240 e. The summed E-state index contributed by atoms with van der Waals surface area (Å²) in [5.41, 5.74) is 8.89. The maximum Gasteiger partial charge on any atom is 0.240 e. The highest BCUT2D eigenvalue weighted by Gasteiger charge is 2.05. The largest absolute Gasteiger partial charge is 0.273 e. The molecule has 0 saturated heterocycles. The fourth-order valence-corrected chi connectivity index (χ4v) is 2.00. The molecule has 134 valence electrons. The number of nitrogens with one attached hydrogen (secondary N) is 2. The van der Waals surface area contributed by atoms with Crippen molar-refractivity contribution in [2.75, 3.05) is 0 Å². The zero-order valence-corrected chi connectivity index (χ0v) is 14.9. The summed E-state index contributed by atoms with van der Waals surface area (Å²) < 4.78 is 0. The molecule has 0 saturated carbocycles. The van der Waals surface area contributed by atoms with Crippen LogP contribution in [-0.2, 0) is 9.59 Å². The fourth-order valence-electron chi connectivity index (χ4n) is 2.00. The molecule has 0 unspecified atom stereocenters. The zero-order chi connectivity index (χ0) is 18.8. The van der Waals surface area contributed by atoms with E-state index in [2.05, 4.69) is 21.1 Å². The van der Waals surface area contributed by atoms with Gasteiger partial charge in [-0.25, -0.2) is 10.9 Å². The van der Waals surface area contributed by atoms with Crippen LogP contribution in [0.4, 0.5) is 0 Å². The summed E-state index contributed by atoms with van der Waals surface area (Å²) in [6, 6.07) is 15.5. The van der Waals surface area contributed by atoms with E-state index in [-0.39, 0.29) is 24.7 Å². The second-order valence-electron chi connectivity index (χ2n) is 5.91. The molecule has 0 aromatic heterocycles. The lowest BCUT2D eigenvalue weighted by Crippen LogP contribution is -2.22. The number of benzene rings is 2. The van der Waals surface area contributed by atoms with E-state index in [1.54, 1.807) is 12.4 Å². The average Bonchev–Trinajstić information content (AvgIpc) is 2.63. The maximum atomic E-state index is 11.7. The van der Waals surface area contributed by atoms with Crippen LogP contribution in [0.1, 0.15) is 35.1 Å². The minimum absolute atomic E-state index is 0.0388. The fraction of sp³-hybridized carbons (Fsp3) is 0.200. The summed E-state index contributed by atoms with van der Waals surface area (Å²) in [6.45, 7) is 4.00. The lowest BCUT2D eigenvalue weighted by Gasteiger charge is -2.00. The molecule has 0 aliphatic rings. The first-order chi connectivity index (χ1) is 12.5. The number of hydrazone groups is 2. The van der Waals surface area contributed by atoms with Crippen LogP contribution in [0.25, 0.3) is 0 Å². The van der Waals surface area contributed by atoms with Gasteiger partial charge in [-0.05, 0) is 25.0 Å². The highest BCUT2D eigenvalue weighted by molar-refractivity contribution is 5.86. The summed E-state index contributed by atoms with van der Waals surface area (Å²) in [4.78, 5) is 23.4. The summed E-state index contributed by atoms with van der Waals surface area (Å²) >= 11 is 0. The molecule has 0 bridgehead atoms. The summed E-state index contributed by atoms with van der Waals surface area (Å²) in [7, 11) is 0. The number of aryl methyl sites for hydroxylation is 2. The van der Waals surface area contributed by atoms with E-state index in [0.717, 1.165) is 22.3 Å². The van der Waals surface area contributed by atoms with E-state index in [0.29, 0.717) is 0 Å². The van der Waals surface area contributed by atoms with Gasteiger partial charge in [-0.1, -0.05) is 59.7 Å². The summed E-state index contributed by atoms with van der Waals surface area (Å²) in [6.07, 6.45) is 3.20. The third kappa shape index (κ3) is 7.09. The molecule has 0 spiro atoms. The molecule has 2 aromatic rings. The Bertz CT molecular complexity index is 724. The Balaban J connectivity index is 1.67. The molecule has 2 N–H and O–H groups in total. The van der Waals surface area contributed by atoms with Gasteiger partial charge >= 0.3 is 0 Å². The normalized spacial score (nSPS) is 11.0. The predicted octanol–water partition coefficient (Wildman–Crippen LogP) is 2.68. The van der Waals surface area contributed by atoms with Gasteiger partial charge in [0.25, 0.3) is 0 Å². The van der Waals surface area contributed by atoms with Gasteiger partial charge in [0.1, 0.15) is 0 Å². The van der Waals surface area contributed by atoms with E-state index in [9.17, 15) is 9.59 Å². The highest BCUT2D eigenvalue weighted by atomic mass is 16.2. The van der Waals surface area contributed by atoms with E-state index in [1.165, 1.54) is 0 Å². The monoisotopic (exact) mass is 350 g/mol. The molecule has 2 amide bonds. The molecular weight excluding hydrogens is 328 g/mol. The van der Waals surface area contributed by atoms with Crippen molar-refractivity contribution in [3.63, 3.8) is 0 Å². The van der Waals surface area contributed by atoms with Gasteiger partial charge in [0.15, 0.2) is 0 Å². The third-order valence-electron chi connectivity index (χ3n) is 3.54. The van der Waals surface area contributed by atoms with Crippen LogP contribution in [0, 0.1) is 13.8 Å². The van der Waals surface area contributed by atoms with Gasteiger partial charge in [0.05, 0.1) is 12.4 Å². The van der Waals surface area contributed by atoms with Crippen molar-refractivity contribution in [1.29, 1.82) is 0 Å². The van der Waals surface area contributed by atoms with Gasteiger partial charge in [-0.15, -0.1) is 0 Å². The molecule has 0 fully saturated rings. The van der Waals surface area contributed by atoms with E-state index in [4.69, 9.17) is 0 Å². The van der Waals surface area contributed by atoms with E-state index in [1.807, 2.05) is 62.4 Å². The number of carbonyl (C=O) groups is 2. The van der Waals surface area contributed by atoms with Crippen molar-refractivity contribution >= 4 is 24.2 Å². The van der Waals surface area contributed by atoms with Gasteiger partial charge in [0, 0.05) is 12.8 Å². The summed E-state index contributed by atoms with van der Waals surface area (Å²) in [5.74, 6) is -0.656. The quantitative estimate of drug-likeness (QED) is 0.594. The predicted molar refractivity (Wildman–Crippen MR) is 103 cm³/mol. The van der Waals surface area contributed by atoms with Crippen molar-refractivity contribution in [2.24, 2.45) is 10.2 Å². The molecule has 2 rings (SSSR count). The molecule has 6 nitrogen and oxygen atoms in total. The topological polar surface area (TPSA) is 82.9 Å². The second kappa shape index (κ2) is 9.88. The SMILES string of the molecule is Cc1ccc(/C=N\NC(=O)CCC(=O)N/N=C\c2ccc(C)cc2)cc1. The second-order valence-corrected chi connectivity index (χ2v) is 5.91. The van der Waals surface area contributed by atoms with Crippen molar-refractivity contribution < 1.29 is 9.59 Å². The van der Waals surface area contributed by atoms with Crippen LogP contribution in [0.2, 0.25) is 0 Å². The van der Waals surface area contributed by atoms with Gasteiger partial charge in [0.2, 0.25) is 11.8 Å². The Morgan fingerprint density at radius 1 is 0.731 bits per heavy atom. The maximum absolute atomic E-state index is 11.7. The van der Waals surface area contributed by atoms with Crippen LogP contribution in [0.3, 0.4) is 0 Å². The first kappa shape index (κ1) is 19.1. The molecule has 0 atom stereocenters. The molecule has 0 aliphatic heterocycles. The Morgan fingerprint density at radius 2 is 1.08 bits per heavy atom. The first-order valence-corrected chi connectivity index (χ1v) is 8.30. The number of hydrogen-bond donors (Lipinski definition) is 2. The number of hydrogen-bond acceptors (Lipinski definition) is 4. The van der Waals surface area contributed by atoms with Gasteiger partial charge < -0.3 is 0 Å². The Kier molecular flexibility index (Phi) is 7.24. The summed E-state index contributed by atoms with van der Waals surface area (Å²) in [5, 5.41) is 7.74. The van der Waals surface area contributed by atoms with Crippen molar-refractivity contribution in [2.45, 2.75) is 26.7 Å². The standard InChI is InChI=1S/C20H22N4O2/c1-15-3-7-17(8-4-15)13-21-23-19(25)11-12-20(26)24-22-14-18-9-5-16(2)6-10-18/h3-10,13-14H,11-12H2,1-2H3,(H,23,25)(H,24,26)/b21-13-,22-14-. The van der Waals surface area contributed by atoms with Crippen molar-refractivity contribution in [1.82, 2.24) is 10.9 Å². The molecule has 6 heteroatoms. The zero-order valence-electron chi connectivity index (χ0n) is 14.9. The van der Waals surface area contributed by atoms with Gasteiger partial charge in [-0.3, -0.25) is 9.59 Å². The van der Waals surface area contributed by atoms with Crippen LogP contribution >= 0.6 is 0 Å². The van der Waals surface area contributed by atoms with E-state index < -0.39 is 0 Å². The van der Waals surface area contributed by atoms with Crippen LogP contribution in [0.5, 0.6) is 0 Å². The third-order valence-corrected chi connectivity index (χ3v) is 3.54. The Morgan fingerprint density at radius 3 is 1.42 bits per heavy atom. The number of rotatable bonds is 7. The minimum Gasteiger partial charge on any atom is -0.273 e. The number of nitrogens with zero attached hydrogens (tertiary/aromatic N) is 2. The van der Waals surface area contributed by atoms with Crippen LogP contribution in [-0.4, -0.2) is 24.2 Å². The van der Waals surface area contributed by atoms with Crippen LogP contribution < -0.4 is 10.9 Å². The lowest BCUT2D eigenvalue weighted by atomic mass is 10.2. The van der Waals surface area contributed by atoms with E-state index >= 15 is 0 Å². The highest BCUT2D eigenvalue weighted by Crippen LogP contribution is 2.01. The van der Waals surface area contributed by atoms with Crippen molar-refractivity contribution in [3.05, 3.63) is 70.8 Å².